The number of nitrogens with two attached hydrogens (primary N) is 1. The number of sulfonamides is 1. The van der Waals surface area contributed by atoms with Crippen molar-refractivity contribution in [2.24, 2.45) is 11.7 Å². The summed E-state index contributed by atoms with van der Waals surface area (Å²) in [5.74, 6) is -0.0289. The molecule has 1 saturated carbocycles. The molecule has 0 spiro atoms. The minimum Gasteiger partial charge on any atom is -0.490 e. The average molecular weight is 374 g/mol. The Morgan fingerprint density at radius 1 is 1.44 bits per heavy atom. The second-order valence-corrected chi connectivity index (χ2v) is 8.49. The number of halogens is 1. The highest BCUT2D eigenvalue weighted by Crippen LogP contribution is 2.32. The molecule has 0 radical (unpaired) electrons. The Balaban J connectivity index is 2.10. The van der Waals surface area contributed by atoms with Crippen LogP contribution >= 0.6 is 0 Å². The lowest BCUT2D eigenvalue weighted by molar-refractivity contribution is 0.0376. The number of nitrogens with one attached hydrogen (secondary N) is 1. The normalized spacial score (nSPS) is 17.3. The molecule has 4 N–H and O–H groups in total. The molecule has 25 heavy (non-hydrogen) atoms. The molecule has 1 aromatic rings. The number of hydrogen-bond donors (Lipinski definition) is 3. The molecule has 142 valence electrons. The Hall–Kier alpha value is -1.22. The maximum Gasteiger partial charge on any atom is 0.211 e. The van der Waals surface area contributed by atoms with E-state index in [1.165, 1.54) is 18.2 Å². The predicted molar refractivity (Wildman–Crippen MR) is 94.3 cm³/mol. The Morgan fingerprint density at radius 2 is 2.16 bits per heavy atom. The van der Waals surface area contributed by atoms with Crippen LogP contribution in [0.25, 0.3) is 0 Å². The molecule has 0 unspecified atom stereocenters. The fourth-order valence-electron chi connectivity index (χ4n) is 2.40. The highest BCUT2D eigenvalue weighted by molar-refractivity contribution is 7.89. The molecule has 1 aliphatic carbocycles. The smallest absolute Gasteiger partial charge is 0.211 e. The van der Waals surface area contributed by atoms with Crippen molar-refractivity contribution in [2.45, 2.75) is 38.2 Å². The summed E-state index contributed by atoms with van der Waals surface area (Å²) in [5.41, 5.74) is 4.31. The van der Waals surface area contributed by atoms with Crippen molar-refractivity contribution in [3.8, 4) is 5.75 Å². The lowest BCUT2D eigenvalue weighted by Gasteiger charge is -2.28. The molecule has 0 aliphatic heterocycles. The quantitative estimate of drug-likeness (QED) is 0.545. The van der Waals surface area contributed by atoms with E-state index in [1.807, 2.05) is 0 Å². The van der Waals surface area contributed by atoms with E-state index < -0.39 is 21.4 Å². The van der Waals surface area contributed by atoms with Gasteiger partial charge in [0.25, 0.3) is 0 Å². The van der Waals surface area contributed by atoms with Gasteiger partial charge >= 0.3 is 0 Å². The summed E-state index contributed by atoms with van der Waals surface area (Å²) in [6.45, 7) is 2.28. The maximum atomic E-state index is 13.9. The van der Waals surface area contributed by atoms with E-state index in [1.54, 1.807) is 6.92 Å². The van der Waals surface area contributed by atoms with Gasteiger partial charge < -0.3 is 15.6 Å². The van der Waals surface area contributed by atoms with Gasteiger partial charge in [-0.05, 0) is 55.8 Å². The summed E-state index contributed by atoms with van der Waals surface area (Å²) in [6, 6.07) is 4.15. The molecule has 1 aliphatic rings. The highest BCUT2D eigenvalue weighted by Gasteiger charge is 2.30. The standard InChI is InChI=1S/C17H27FN2O4S/c1-2-17(21,12-20-25(22,23)9-3-8-19)14-6-7-15(18)16(10-14)24-11-13-4-5-13/h6-7,10,13,20-21H,2-5,8-9,11-12,19H2,1H3/t17-/m1/s1. The fraction of sp³-hybridized carbons (Fsp3) is 0.647. The average Bonchev–Trinajstić information content (AvgIpc) is 3.41. The second kappa shape index (κ2) is 8.44. The molecule has 1 aromatic carbocycles. The van der Waals surface area contributed by atoms with Crippen molar-refractivity contribution < 1.29 is 22.7 Å². The van der Waals surface area contributed by atoms with Crippen LogP contribution in [0.2, 0.25) is 0 Å². The predicted octanol–water partition coefficient (Wildman–Crippen LogP) is 1.48. The van der Waals surface area contributed by atoms with E-state index in [-0.39, 0.29) is 31.0 Å². The summed E-state index contributed by atoms with van der Waals surface area (Å²) in [6.07, 6.45) is 2.78. The van der Waals surface area contributed by atoms with E-state index in [9.17, 15) is 17.9 Å². The van der Waals surface area contributed by atoms with Gasteiger partial charge in [0.1, 0.15) is 5.60 Å². The van der Waals surface area contributed by atoms with Gasteiger partial charge in [-0.2, -0.15) is 0 Å². The SMILES string of the molecule is CC[C@@](O)(CNS(=O)(=O)CCCN)c1ccc(F)c(OCC2CC2)c1. The van der Waals surface area contributed by atoms with Crippen LogP contribution in [-0.2, 0) is 15.6 Å². The number of aliphatic hydroxyl groups is 1. The summed E-state index contributed by atoms with van der Waals surface area (Å²) >= 11 is 0. The highest BCUT2D eigenvalue weighted by atomic mass is 32.2. The molecule has 2 rings (SSSR count). The van der Waals surface area contributed by atoms with Gasteiger partial charge in [-0.15, -0.1) is 0 Å². The van der Waals surface area contributed by atoms with E-state index in [2.05, 4.69) is 4.72 Å². The molecule has 0 bridgehead atoms. The van der Waals surface area contributed by atoms with Crippen molar-refractivity contribution in [1.82, 2.24) is 4.72 Å². The number of rotatable bonds is 11. The van der Waals surface area contributed by atoms with Gasteiger partial charge in [0.2, 0.25) is 10.0 Å². The van der Waals surface area contributed by atoms with Crippen LogP contribution in [0.5, 0.6) is 5.75 Å². The summed E-state index contributed by atoms with van der Waals surface area (Å²) in [4.78, 5) is 0. The van der Waals surface area contributed by atoms with Crippen molar-refractivity contribution in [3.63, 3.8) is 0 Å². The van der Waals surface area contributed by atoms with Gasteiger partial charge in [-0.1, -0.05) is 13.0 Å². The molecule has 0 aromatic heterocycles. The lowest BCUT2D eigenvalue weighted by atomic mass is 9.91. The zero-order valence-corrected chi connectivity index (χ0v) is 15.3. The van der Waals surface area contributed by atoms with Crippen molar-refractivity contribution >= 4 is 10.0 Å². The van der Waals surface area contributed by atoms with Crippen LogP contribution in [0.1, 0.15) is 38.2 Å². The van der Waals surface area contributed by atoms with E-state index >= 15 is 0 Å². The Labute approximate surface area is 148 Å². The van der Waals surface area contributed by atoms with E-state index in [0.717, 1.165) is 12.8 Å². The fourth-order valence-corrected chi connectivity index (χ4v) is 3.55. The number of ether oxygens (including phenoxy) is 1. The first-order chi connectivity index (χ1) is 11.8. The summed E-state index contributed by atoms with van der Waals surface area (Å²) in [5, 5.41) is 10.9. The Bertz CT molecular complexity index is 679. The molecule has 1 atom stereocenters. The molecule has 0 heterocycles. The maximum absolute atomic E-state index is 13.9. The monoisotopic (exact) mass is 374 g/mol. The first-order valence-electron chi connectivity index (χ1n) is 8.62. The van der Waals surface area contributed by atoms with Crippen LogP contribution in [0, 0.1) is 11.7 Å². The van der Waals surface area contributed by atoms with Gasteiger partial charge in [0.15, 0.2) is 11.6 Å². The van der Waals surface area contributed by atoms with Crippen LogP contribution in [0.3, 0.4) is 0 Å². The number of benzene rings is 1. The first-order valence-corrected chi connectivity index (χ1v) is 10.3. The second-order valence-electron chi connectivity index (χ2n) is 6.57. The van der Waals surface area contributed by atoms with Crippen LogP contribution < -0.4 is 15.2 Å². The molecule has 0 saturated heterocycles. The number of hydrogen-bond acceptors (Lipinski definition) is 5. The largest absolute Gasteiger partial charge is 0.490 e. The van der Waals surface area contributed by atoms with Gasteiger partial charge in [-0.3, -0.25) is 0 Å². The van der Waals surface area contributed by atoms with E-state index in [4.69, 9.17) is 10.5 Å². The van der Waals surface area contributed by atoms with Gasteiger partial charge in [0, 0.05) is 6.54 Å². The molecular formula is C17H27FN2O4S. The van der Waals surface area contributed by atoms with Crippen molar-refractivity contribution in [3.05, 3.63) is 29.6 Å². The van der Waals surface area contributed by atoms with Crippen LogP contribution in [-0.4, -0.2) is 39.0 Å². The van der Waals surface area contributed by atoms with Gasteiger partial charge in [-0.25, -0.2) is 17.5 Å². The summed E-state index contributed by atoms with van der Waals surface area (Å²) in [7, 11) is -3.52. The summed E-state index contributed by atoms with van der Waals surface area (Å²) < 4.78 is 45.7. The van der Waals surface area contributed by atoms with Gasteiger partial charge in [0.05, 0.1) is 12.4 Å². The third-order valence-electron chi connectivity index (χ3n) is 4.43. The zero-order valence-electron chi connectivity index (χ0n) is 14.5. The Morgan fingerprint density at radius 3 is 2.76 bits per heavy atom. The minimum absolute atomic E-state index is 0.0854. The van der Waals surface area contributed by atoms with E-state index in [0.29, 0.717) is 24.5 Å². The molecule has 6 nitrogen and oxygen atoms in total. The molecule has 8 heteroatoms. The Kier molecular flexibility index (Phi) is 6.79. The molecule has 1 fully saturated rings. The molecule has 0 amide bonds. The minimum atomic E-state index is -3.52. The first kappa shape index (κ1) is 20.1. The zero-order chi connectivity index (χ0) is 18.5. The van der Waals surface area contributed by atoms with Crippen molar-refractivity contribution in [2.75, 3.05) is 25.4 Å². The lowest BCUT2D eigenvalue weighted by Crippen LogP contribution is -2.41. The van der Waals surface area contributed by atoms with Crippen LogP contribution in [0.4, 0.5) is 4.39 Å². The van der Waals surface area contributed by atoms with Crippen molar-refractivity contribution in [1.29, 1.82) is 0 Å². The topological polar surface area (TPSA) is 102 Å². The third kappa shape index (κ3) is 5.91. The third-order valence-corrected chi connectivity index (χ3v) is 5.84. The molecular weight excluding hydrogens is 347 g/mol. The van der Waals surface area contributed by atoms with Crippen LogP contribution in [0.15, 0.2) is 18.2 Å².